The van der Waals surface area contributed by atoms with Gasteiger partial charge in [0.2, 0.25) is 11.8 Å². The van der Waals surface area contributed by atoms with Crippen molar-refractivity contribution in [3.63, 3.8) is 0 Å². The lowest BCUT2D eigenvalue weighted by Gasteiger charge is -2.33. The third kappa shape index (κ3) is 11.7. The van der Waals surface area contributed by atoms with Crippen molar-refractivity contribution in [2.75, 3.05) is 47.4 Å². The Labute approximate surface area is 362 Å². The second kappa shape index (κ2) is 19.5. The number of nitrogens with one attached hydrogen (secondary N) is 3. The fourth-order valence-electron chi connectivity index (χ4n) is 7.59. The molecule has 2 fully saturated rings. The number of rotatable bonds is 10. The van der Waals surface area contributed by atoms with Gasteiger partial charge in [0.05, 0.1) is 40.6 Å². The molecule has 2 aliphatic rings. The molecule has 0 saturated carbocycles. The number of nitrogens with two attached hydrogens (primary N) is 2. The van der Waals surface area contributed by atoms with Crippen LogP contribution in [0.5, 0.6) is 0 Å². The third-order valence-corrected chi connectivity index (χ3v) is 11.9. The van der Waals surface area contributed by atoms with Gasteiger partial charge in [0.25, 0.3) is 0 Å². The van der Waals surface area contributed by atoms with E-state index in [1.807, 2.05) is 28.0 Å². The summed E-state index contributed by atoms with van der Waals surface area (Å²) in [6, 6.07) is 15.4. The van der Waals surface area contributed by atoms with Crippen molar-refractivity contribution in [1.82, 2.24) is 30.6 Å². The number of amides is 2. The summed E-state index contributed by atoms with van der Waals surface area (Å²) in [5.74, 6) is 0.259. The van der Waals surface area contributed by atoms with Crippen LogP contribution in [0.2, 0.25) is 0 Å². The molecule has 338 valence electrons. The molecule has 7 rings (SSSR count). The number of carbonyl (C=O) groups excluding carboxylic acids is 2. The predicted molar refractivity (Wildman–Crippen MR) is 232 cm³/mol. The zero-order valence-corrected chi connectivity index (χ0v) is 35.7. The lowest BCUT2D eigenvalue weighted by Crippen LogP contribution is -2.35. The second-order valence-corrected chi connectivity index (χ2v) is 16.6. The molecule has 2 amide bonds. The molecule has 2 unspecified atom stereocenters. The first-order chi connectivity index (χ1) is 29.8. The van der Waals surface area contributed by atoms with E-state index in [0.717, 1.165) is 54.4 Å². The standard InChI is InChI=1S/C23H26F3N5O.C22H28F3N5O/c1-14-7-9-31(10-8-14)21-17(4-6-20(30-21)23(24,25)26)12-27-22(32)15(2)16-3-5-18-19(11-16)29-13-28-18;1-13-7-9-30(10-8-13)20-16(4-6-19(29-20)22(23,24)25)12-28-21(31)14(2)15-3-5-17(26)18(27)11-15/h3-6,11,13-15H,7-10,12H2,1-2H3,(H,27,32)(H,28,29);3-6,11,13-14H,7-10,12,26-27H2,1-2H3,(H,28,31). The van der Waals surface area contributed by atoms with Gasteiger partial charge in [-0.25, -0.2) is 15.0 Å². The van der Waals surface area contributed by atoms with Gasteiger partial charge in [-0.05, 0) is 98.9 Å². The highest BCUT2D eigenvalue weighted by atomic mass is 19.4. The van der Waals surface area contributed by atoms with Crippen molar-refractivity contribution >= 4 is 45.9 Å². The number of benzene rings is 2. The highest BCUT2D eigenvalue weighted by Gasteiger charge is 2.35. The molecule has 0 bridgehead atoms. The van der Waals surface area contributed by atoms with Crippen molar-refractivity contribution in [3.8, 4) is 0 Å². The van der Waals surface area contributed by atoms with E-state index in [1.165, 1.54) is 12.1 Å². The van der Waals surface area contributed by atoms with Crippen LogP contribution in [-0.4, -0.2) is 57.9 Å². The summed E-state index contributed by atoms with van der Waals surface area (Å²) in [5, 5.41) is 5.69. The summed E-state index contributed by atoms with van der Waals surface area (Å²) in [6.07, 6.45) is -3.87. The van der Waals surface area contributed by atoms with Crippen molar-refractivity contribution in [3.05, 3.63) is 101 Å². The number of aromatic nitrogens is 4. The Kier molecular flexibility index (Phi) is 14.4. The number of piperidine rings is 2. The predicted octanol–water partition coefficient (Wildman–Crippen LogP) is 8.55. The number of anilines is 4. The van der Waals surface area contributed by atoms with Crippen LogP contribution in [0.4, 0.5) is 49.4 Å². The van der Waals surface area contributed by atoms with Crippen LogP contribution in [-0.2, 0) is 35.0 Å². The molecule has 5 heterocycles. The number of hydrogen-bond donors (Lipinski definition) is 5. The average Bonchev–Trinajstić information content (AvgIpc) is 3.73. The normalized spacial score (nSPS) is 16.3. The number of aromatic amines is 1. The highest BCUT2D eigenvalue weighted by molar-refractivity contribution is 5.85. The van der Waals surface area contributed by atoms with Crippen molar-refractivity contribution < 1.29 is 35.9 Å². The Morgan fingerprint density at radius 1 is 0.683 bits per heavy atom. The first-order valence-electron chi connectivity index (χ1n) is 21.1. The maximum absolute atomic E-state index is 13.3. The van der Waals surface area contributed by atoms with Crippen LogP contribution in [0.3, 0.4) is 0 Å². The molecule has 2 saturated heterocycles. The topological polar surface area (TPSA) is 171 Å². The monoisotopic (exact) mass is 880 g/mol. The smallest absolute Gasteiger partial charge is 0.397 e. The van der Waals surface area contributed by atoms with Gasteiger partial charge in [-0.15, -0.1) is 0 Å². The molecular formula is C45H54F6N10O2. The number of carbonyl (C=O) groups is 2. The fraction of sp³-hybridized carbons (Fsp3) is 0.444. The molecular weight excluding hydrogens is 827 g/mol. The minimum atomic E-state index is -4.52. The van der Waals surface area contributed by atoms with Crippen molar-refractivity contribution in [2.24, 2.45) is 11.8 Å². The molecule has 18 heteroatoms. The molecule has 5 aromatic rings. The van der Waals surface area contributed by atoms with Crippen LogP contribution < -0.4 is 31.9 Å². The van der Waals surface area contributed by atoms with Gasteiger partial charge >= 0.3 is 12.4 Å². The Morgan fingerprint density at radius 3 is 1.57 bits per heavy atom. The van der Waals surface area contributed by atoms with E-state index in [9.17, 15) is 35.9 Å². The van der Waals surface area contributed by atoms with Gasteiger partial charge in [-0.2, -0.15) is 26.3 Å². The van der Waals surface area contributed by atoms with Crippen LogP contribution in [0, 0.1) is 11.8 Å². The number of hydrogen-bond acceptors (Lipinski definition) is 9. The minimum absolute atomic E-state index is 0.0835. The third-order valence-electron chi connectivity index (χ3n) is 11.9. The SMILES string of the molecule is CC1CCN(c2nc(C(F)(F)F)ccc2CNC(=O)C(C)c2ccc(N)c(N)c2)CC1.CC1CCN(c2nc(C(F)(F)F)ccc2CNC(=O)C(C)c2ccc3nc[nH]c3c2)CC1. The zero-order chi connectivity index (χ0) is 45.6. The van der Waals surface area contributed by atoms with Gasteiger partial charge < -0.3 is 36.9 Å². The largest absolute Gasteiger partial charge is 0.433 e. The number of pyridine rings is 2. The van der Waals surface area contributed by atoms with Gasteiger partial charge in [0.1, 0.15) is 23.0 Å². The van der Waals surface area contributed by atoms with Gasteiger partial charge in [-0.1, -0.05) is 38.1 Å². The molecule has 7 N–H and O–H groups in total. The number of alkyl halides is 6. The second-order valence-electron chi connectivity index (χ2n) is 16.6. The number of halogens is 6. The summed E-state index contributed by atoms with van der Waals surface area (Å²) >= 11 is 0. The molecule has 12 nitrogen and oxygen atoms in total. The Balaban J connectivity index is 0.000000210. The molecule has 0 aliphatic carbocycles. The summed E-state index contributed by atoms with van der Waals surface area (Å²) in [6.45, 7) is 10.6. The highest BCUT2D eigenvalue weighted by Crippen LogP contribution is 2.34. The lowest BCUT2D eigenvalue weighted by molar-refractivity contribution is -0.141. The van der Waals surface area contributed by atoms with E-state index >= 15 is 0 Å². The number of fused-ring (bicyclic) bond motifs is 1. The van der Waals surface area contributed by atoms with Gasteiger partial charge in [0, 0.05) is 50.4 Å². The molecule has 2 aromatic carbocycles. The van der Waals surface area contributed by atoms with E-state index < -0.39 is 35.6 Å². The number of nitrogen functional groups attached to an aromatic ring is 2. The van der Waals surface area contributed by atoms with E-state index in [2.05, 4.69) is 44.4 Å². The zero-order valence-electron chi connectivity index (χ0n) is 35.7. The first kappa shape index (κ1) is 46.4. The fourth-order valence-corrected chi connectivity index (χ4v) is 7.59. The number of imidazole rings is 1. The van der Waals surface area contributed by atoms with Crippen LogP contribution in [0.15, 0.2) is 67.0 Å². The molecule has 0 spiro atoms. The summed E-state index contributed by atoms with van der Waals surface area (Å²) in [5.41, 5.74) is 14.9. The van der Waals surface area contributed by atoms with E-state index in [-0.39, 0.29) is 30.7 Å². The molecule has 3 aromatic heterocycles. The lowest BCUT2D eigenvalue weighted by atomic mass is 9.98. The Morgan fingerprint density at radius 2 is 1.13 bits per heavy atom. The molecule has 0 radical (unpaired) electrons. The number of H-pyrrole nitrogens is 1. The average molecular weight is 881 g/mol. The van der Waals surface area contributed by atoms with Gasteiger partial charge in [-0.3, -0.25) is 9.59 Å². The van der Waals surface area contributed by atoms with Crippen LogP contribution >= 0.6 is 0 Å². The van der Waals surface area contributed by atoms with Gasteiger partial charge in [0.15, 0.2) is 0 Å². The molecule has 2 atom stereocenters. The van der Waals surface area contributed by atoms with Crippen molar-refractivity contribution in [2.45, 2.75) is 90.7 Å². The molecule has 63 heavy (non-hydrogen) atoms. The van der Waals surface area contributed by atoms with Crippen LogP contribution in [0.25, 0.3) is 11.0 Å². The van der Waals surface area contributed by atoms with E-state index in [0.29, 0.717) is 71.9 Å². The van der Waals surface area contributed by atoms with E-state index in [1.54, 1.807) is 38.4 Å². The first-order valence-corrected chi connectivity index (χ1v) is 21.1. The van der Waals surface area contributed by atoms with Crippen molar-refractivity contribution in [1.29, 1.82) is 0 Å². The maximum Gasteiger partial charge on any atom is 0.433 e. The quantitative estimate of drug-likeness (QED) is 0.0681. The van der Waals surface area contributed by atoms with Crippen LogP contribution in [0.1, 0.15) is 98.9 Å². The summed E-state index contributed by atoms with van der Waals surface area (Å²) in [7, 11) is 0. The molecule has 2 aliphatic heterocycles. The summed E-state index contributed by atoms with van der Waals surface area (Å²) < 4.78 is 79.5. The Bertz CT molecular complexity index is 2370. The Hall–Kier alpha value is -6.07. The number of nitrogens with zero attached hydrogens (tertiary/aromatic N) is 5. The summed E-state index contributed by atoms with van der Waals surface area (Å²) in [4.78, 5) is 44.3. The maximum atomic E-state index is 13.3. The minimum Gasteiger partial charge on any atom is -0.397 e. The van der Waals surface area contributed by atoms with E-state index in [4.69, 9.17) is 11.5 Å².